The number of hydrogen-bond donors (Lipinski definition) is 1. The number of nitrogens with zero attached hydrogens (tertiary/aromatic N) is 3. The zero-order chi connectivity index (χ0) is 19.7. The monoisotopic (exact) mass is 376 g/mol. The van der Waals surface area contributed by atoms with Crippen molar-refractivity contribution in [3.8, 4) is 0 Å². The molecule has 1 amide bonds. The van der Waals surface area contributed by atoms with Gasteiger partial charge >= 0.3 is 0 Å². The molecule has 2 aromatic heterocycles. The number of carbonyl (C=O) groups excluding carboxylic acids is 1. The second-order valence-electron chi connectivity index (χ2n) is 7.47. The molecular weight excluding hydrogens is 348 g/mol. The molecule has 0 aliphatic carbocycles. The smallest absolute Gasteiger partial charge is 0.237 e. The second kappa shape index (κ2) is 7.76. The quantitative estimate of drug-likeness (QED) is 0.739. The van der Waals surface area contributed by atoms with Crippen LogP contribution in [0.15, 0.2) is 42.5 Å². The van der Waals surface area contributed by atoms with E-state index in [4.69, 9.17) is 4.98 Å². The number of H-pyrrole nitrogens is 1. The van der Waals surface area contributed by atoms with Crippen LogP contribution in [0.2, 0.25) is 0 Å². The predicted octanol–water partition coefficient (Wildman–Crippen LogP) is 3.69. The molecule has 0 spiro atoms. The zero-order valence-electron chi connectivity index (χ0n) is 16.9. The minimum Gasteiger partial charge on any atom is -0.356 e. The standard InChI is InChI=1S/C23H28N4O/c1-4-26(5-2)15-21(28)27-14-13-18-17-10-6-7-11-19(17)25-22(18)23(27)20-12-8-9-16(3)24-20/h6-12,23,25H,4-5,13-15H2,1-3H3/t23-/m0/s1. The number of likely N-dealkylation sites (N-methyl/N-ethyl adjacent to an activating group) is 1. The zero-order valence-corrected chi connectivity index (χ0v) is 16.9. The molecule has 0 radical (unpaired) electrons. The van der Waals surface area contributed by atoms with Crippen molar-refractivity contribution in [1.82, 2.24) is 19.8 Å². The van der Waals surface area contributed by atoms with Crippen molar-refractivity contribution in [1.29, 1.82) is 0 Å². The first kappa shape index (κ1) is 18.7. The van der Waals surface area contributed by atoms with Gasteiger partial charge in [-0.1, -0.05) is 38.1 Å². The van der Waals surface area contributed by atoms with Gasteiger partial charge in [-0.05, 0) is 50.2 Å². The van der Waals surface area contributed by atoms with E-state index < -0.39 is 0 Å². The van der Waals surface area contributed by atoms with E-state index in [0.717, 1.165) is 48.7 Å². The largest absolute Gasteiger partial charge is 0.356 e. The van der Waals surface area contributed by atoms with Crippen LogP contribution >= 0.6 is 0 Å². The second-order valence-corrected chi connectivity index (χ2v) is 7.47. The average molecular weight is 377 g/mol. The summed E-state index contributed by atoms with van der Waals surface area (Å²) in [6.07, 6.45) is 0.867. The molecule has 1 atom stereocenters. The van der Waals surface area contributed by atoms with Crippen LogP contribution in [0.3, 0.4) is 0 Å². The Morgan fingerprint density at radius 3 is 2.71 bits per heavy atom. The molecule has 146 valence electrons. The highest BCUT2D eigenvalue weighted by molar-refractivity contribution is 5.86. The molecule has 1 aliphatic heterocycles. The maximum absolute atomic E-state index is 13.3. The lowest BCUT2D eigenvalue weighted by Crippen LogP contribution is -2.45. The lowest BCUT2D eigenvalue weighted by Gasteiger charge is -2.36. The van der Waals surface area contributed by atoms with Crippen molar-refractivity contribution >= 4 is 16.8 Å². The van der Waals surface area contributed by atoms with Crippen molar-refractivity contribution in [2.45, 2.75) is 33.2 Å². The summed E-state index contributed by atoms with van der Waals surface area (Å²) in [5.74, 6) is 0.168. The molecule has 0 unspecified atom stereocenters. The van der Waals surface area contributed by atoms with Crippen LogP contribution in [-0.2, 0) is 11.2 Å². The fourth-order valence-electron chi connectivity index (χ4n) is 4.26. The minimum atomic E-state index is -0.167. The average Bonchev–Trinajstić information content (AvgIpc) is 3.09. The Morgan fingerprint density at radius 1 is 1.18 bits per heavy atom. The SMILES string of the molecule is CCN(CC)CC(=O)N1CCc2c([nH]c3ccccc23)[C@@H]1c1cccc(C)n1. The molecule has 1 aliphatic rings. The first-order chi connectivity index (χ1) is 13.6. The van der Waals surface area contributed by atoms with Gasteiger partial charge in [-0.2, -0.15) is 0 Å². The third-order valence-electron chi connectivity index (χ3n) is 5.80. The lowest BCUT2D eigenvalue weighted by atomic mass is 9.94. The van der Waals surface area contributed by atoms with Crippen molar-refractivity contribution in [3.05, 3.63) is 65.1 Å². The van der Waals surface area contributed by atoms with Gasteiger partial charge in [0.15, 0.2) is 0 Å². The van der Waals surface area contributed by atoms with Crippen LogP contribution in [0.4, 0.5) is 0 Å². The van der Waals surface area contributed by atoms with Crippen LogP contribution in [-0.4, -0.2) is 51.9 Å². The highest BCUT2D eigenvalue weighted by Gasteiger charge is 2.35. The van der Waals surface area contributed by atoms with Crippen LogP contribution in [0.25, 0.3) is 10.9 Å². The van der Waals surface area contributed by atoms with Gasteiger partial charge in [0.05, 0.1) is 12.2 Å². The van der Waals surface area contributed by atoms with Gasteiger partial charge in [-0.3, -0.25) is 14.7 Å². The molecule has 1 N–H and O–H groups in total. The predicted molar refractivity (Wildman–Crippen MR) is 112 cm³/mol. The number of benzene rings is 1. The van der Waals surface area contributed by atoms with E-state index in [1.54, 1.807) is 0 Å². The Kier molecular flexibility index (Phi) is 5.18. The van der Waals surface area contributed by atoms with Gasteiger partial charge in [-0.25, -0.2) is 0 Å². The first-order valence-corrected chi connectivity index (χ1v) is 10.2. The topological polar surface area (TPSA) is 52.2 Å². The van der Waals surface area contributed by atoms with Gasteiger partial charge in [0.25, 0.3) is 0 Å². The Labute approximate surface area is 166 Å². The fraction of sp³-hybridized carbons (Fsp3) is 0.391. The number of amides is 1. The maximum atomic E-state index is 13.3. The molecule has 1 aromatic carbocycles. The summed E-state index contributed by atoms with van der Waals surface area (Å²) in [7, 11) is 0. The molecule has 5 heteroatoms. The molecule has 0 bridgehead atoms. The molecule has 4 rings (SSSR count). The number of aromatic amines is 1. The summed E-state index contributed by atoms with van der Waals surface area (Å²) in [6, 6.07) is 14.3. The van der Waals surface area contributed by atoms with E-state index in [1.165, 1.54) is 10.9 Å². The molecule has 0 saturated carbocycles. The first-order valence-electron chi connectivity index (χ1n) is 10.2. The van der Waals surface area contributed by atoms with Gasteiger partial charge in [0, 0.05) is 28.8 Å². The lowest BCUT2D eigenvalue weighted by molar-refractivity contribution is -0.134. The molecule has 28 heavy (non-hydrogen) atoms. The van der Waals surface area contributed by atoms with E-state index in [9.17, 15) is 4.79 Å². The van der Waals surface area contributed by atoms with E-state index >= 15 is 0 Å². The fourth-order valence-corrected chi connectivity index (χ4v) is 4.26. The van der Waals surface area contributed by atoms with E-state index in [2.05, 4.69) is 41.9 Å². The number of aryl methyl sites for hydroxylation is 1. The Hall–Kier alpha value is -2.66. The number of hydrogen-bond acceptors (Lipinski definition) is 3. The van der Waals surface area contributed by atoms with Crippen LogP contribution in [0, 0.1) is 6.92 Å². The summed E-state index contributed by atoms with van der Waals surface area (Å²) in [6.45, 7) is 9.12. The summed E-state index contributed by atoms with van der Waals surface area (Å²) in [5.41, 5.74) is 5.45. The van der Waals surface area contributed by atoms with E-state index in [1.807, 2.05) is 36.1 Å². The van der Waals surface area contributed by atoms with Gasteiger partial charge in [0.1, 0.15) is 6.04 Å². The summed E-state index contributed by atoms with van der Waals surface area (Å²) in [4.78, 5) is 25.8. The number of pyridine rings is 1. The van der Waals surface area contributed by atoms with Crippen LogP contribution in [0.1, 0.15) is 42.5 Å². The third-order valence-corrected chi connectivity index (χ3v) is 5.80. The molecule has 0 fully saturated rings. The molecule has 3 heterocycles. The van der Waals surface area contributed by atoms with Crippen LogP contribution in [0.5, 0.6) is 0 Å². The van der Waals surface area contributed by atoms with Crippen molar-refractivity contribution in [2.24, 2.45) is 0 Å². The summed E-state index contributed by atoms with van der Waals surface area (Å²) < 4.78 is 0. The number of para-hydroxylation sites is 1. The Morgan fingerprint density at radius 2 is 1.96 bits per heavy atom. The van der Waals surface area contributed by atoms with Gasteiger partial charge in [0.2, 0.25) is 5.91 Å². The Balaban J connectivity index is 1.80. The Bertz CT molecular complexity index is 989. The van der Waals surface area contributed by atoms with Crippen LogP contribution < -0.4 is 0 Å². The van der Waals surface area contributed by atoms with Gasteiger partial charge < -0.3 is 9.88 Å². The third kappa shape index (κ3) is 3.31. The van der Waals surface area contributed by atoms with Crippen molar-refractivity contribution in [3.63, 3.8) is 0 Å². The summed E-state index contributed by atoms with van der Waals surface area (Å²) in [5, 5.41) is 1.26. The maximum Gasteiger partial charge on any atom is 0.237 e. The van der Waals surface area contributed by atoms with Crippen molar-refractivity contribution in [2.75, 3.05) is 26.2 Å². The number of fused-ring (bicyclic) bond motifs is 3. The van der Waals surface area contributed by atoms with E-state index in [0.29, 0.717) is 6.54 Å². The highest BCUT2D eigenvalue weighted by Crippen LogP contribution is 2.37. The molecule has 3 aromatic rings. The van der Waals surface area contributed by atoms with Crippen molar-refractivity contribution < 1.29 is 4.79 Å². The highest BCUT2D eigenvalue weighted by atomic mass is 16.2. The molecule has 0 saturated heterocycles. The molecule has 5 nitrogen and oxygen atoms in total. The minimum absolute atomic E-state index is 0.167. The number of aromatic nitrogens is 2. The number of rotatable bonds is 5. The van der Waals surface area contributed by atoms with E-state index in [-0.39, 0.29) is 11.9 Å². The number of nitrogens with one attached hydrogen (secondary N) is 1. The van der Waals surface area contributed by atoms with Gasteiger partial charge in [-0.15, -0.1) is 0 Å². The number of carbonyl (C=O) groups is 1. The molecular formula is C23H28N4O. The normalized spacial score (nSPS) is 16.6. The summed E-state index contributed by atoms with van der Waals surface area (Å²) >= 11 is 0.